The molecule has 3 aromatic rings. The Kier molecular flexibility index (Phi) is 5.85. The molecule has 8 heteroatoms. The number of aromatic nitrogens is 2. The third kappa shape index (κ3) is 3.82. The van der Waals surface area contributed by atoms with Crippen LogP contribution in [0.4, 0.5) is 0 Å². The van der Waals surface area contributed by atoms with E-state index >= 15 is 0 Å². The van der Waals surface area contributed by atoms with Crippen molar-refractivity contribution in [1.82, 2.24) is 19.4 Å². The second-order valence-corrected chi connectivity index (χ2v) is 7.51. The van der Waals surface area contributed by atoms with Crippen molar-refractivity contribution in [3.05, 3.63) is 69.3 Å². The molecular formula is C22H26N4O4. The number of likely N-dealkylation sites (tertiary alicyclic amines) is 1. The number of carbonyl (C=O) groups is 1. The van der Waals surface area contributed by atoms with Crippen LogP contribution in [0.15, 0.2) is 56.7 Å². The molecule has 158 valence electrons. The van der Waals surface area contributed by atoms with E-state index < -0.39 is 5.69 Å². The van der Waals surface area contributed by atoms with Gasteiger partial charge in [0.25, 0.3) is 5.56 Å². The molecule has 0 unspecified atom stereocenters. The maximum absolute atomic E-state index is 12.8. The van der Waals surface area contributed by atoms with E-state index in [0.29, 0.717) is 17.4 Å². The SMILES string of the molecule is CCn1c(=O)c2ccccc2n(CC(=O)NC[C@@H](c2ccco2)N2CCCC2)c1=O. The second-order valence-electron chi connectivity index (χ2n) is 7.51. The van der Waals surface area contributed by atoms with Crippen LogP contribution in [-0.2, 0) is 17.9 Å². The highest BCUT2D eigenvalue weighted by atomic mass is 16.3. The number of carbonyl (C=O) groups excluding carboxylic acids is 1. The molecule has 1 atom stereocenters. The Morgan fingerprint density at radius 3 is 2.57 bits per heavy atom. The van der Waals surface area contributed by atoms with Gasteiger partial charge in [-0.15, -0.1) is 0 Å². The number of para-hydroxylation sites is 1. The van der Waals surface area contributed by atoms with Crippen molar-refractivity contribution >= 4 is 16.8 Å². The van der Waals surface area contributed by atoms with Crippen LogP contribution in [0.3, 0.4) is 0 Å². The molecule has 1 aliphatic rings. The molecule has 1 aromatic carbocycles. The zero-order valence-electron chi connectivity index (χ0n) is 17.0. The molecule has 4 rings (SSSR count). The Balaban J connectivity index is 1.56. The first-order valence-electron chi connectivity index (χ1n) is 10.4. The smallest absolute Gasteiger partial charge is 0.331 e. The van der Waals surface area contributed by atoms with E-state index in [4.69, 9.17) is 4.42 Å². The van der Waals surface area contributed by atoms with Gasteiger partial charge in [-0.2, -0.15) is 0 Å². The maximum atomic E-state index is 12.8. The fourth-order valence-corrected chi connectivity index (χ4v) is 4.16. The van der Waals surface area contributed by atoms with Gasteiger partial charge in [0, 0.05) is 13.1 Å². The number of furan rings is 1. The third-order valence-corrected chi connectivity index (χ3v) is 5.70. The predicted octanol–water partition coefficient (Wildman–Crippen LogP) is 1.73. The van der Waals surface area contributed by atoms with Crippen molar-refractivity contribution in [2.24, 2.45) is 0 Å². The summed E-state index contributed by atoms with van der Waals surface area (Å²) in [5.74, 6) is 0.540. The highest BCUT2D eigenvalue weighted by Crippen LogP contribution is 2.24. The molecule has 1 saturated heterocycles. The fourth-order valence-electron chi connectivity index (χ4n) is 4.16. The Hall–Kier alpha value is -3.13. The van der Waals surface area contributed by atoms with E-state index in [1.165, 1.54) is 4.57 Å². The highest BCUT2D eigenvalue weighted by molar-refractivity contribution is 5.81. The van der Waals surface area contributed by atoms with Gasteiger partial charge in [0.05, 0.1) is 23.2 Å². The summed E-state index contributed by atoms with van der Waals surface area (Å²) >= 11 is 0. The van der Waals surface area contributed by atoms with Crippen LogP contribution in [0.5, 0.6) is 0 Å². The average Bonchev–Trinajstić information content (AvgIpc) is 3.47. The van der Waals surface area contributed by atoms with E-state index in [2.05, 4.69) is 10.2 Å². The molecule has 1 aliphatic heterocycles. The van der Waals surface area contributed by atoms with Crippen LogP contribution < -0.4 is 16.6 Å². The van der Waals surface area contributed by atoms with Gasteiger partial charge in [0.1, 0.15) is 12.3 Å². The molecule has 3 heterocycles. The van der Waals surface area contributed by atoms with Gasteiger partial charge < -0.3 is 9.73 Å². The molecule has 0 radical (unpaired) electrons. The Morgan fingerprint density at radius 1 is 1.10 bits per heavy atom. The van der Waals surface area contributed by atoms with E-state index in [1.807, 2.05) is 12.1 Å². The summed E-state index contributed by atoms with van der Waals surface area (Å²) in [6.07, 6.45) is 3.90. The predicted molar refractivity (Wildman–Crippen MR) is 113 cm³/mol. The lowest BCUT2D eigenvalue weighted by Crippen LogP contribution is -2.43. The number of hydrogen-bond donors (Lipinski definition) is 1. The number of nitrogens with zero attached hydrogens (tertiary/aromatic N) is 3. The number of hydrogen-bond acceptors (Lipinski definition) is 5. The van der Waals surface area contributed by atoms with E-state index in [9.17, 15) is 14.4 Å². The zero-order chi connectivity index (χ0) is 21.1. The lowest BCUT2D eigenvalue weighted by molar-refractivity contribution is -0.121. The molecule has 1 amide bonds. The van der Waals surface area contributed by atoms with Crippen molar-refractivity contribution < 1.29 is 9.21 Å². The minimum absolute atomic E-state index is 0.0375. The van der Waals surface area contributed by atoms with Crippen LogP contribution in [0.2, 0.25) is 0 Å². The molecule has 2 aromatic heterocycles. The number of nitrogens with one attached hydrogen (secondary N) is 1. The van der Waals surface area contributed by atoms with Gasteiger partial charge in [-0.25, -0.2) is 4.79 Å². The molecular weight excluding hydrogens is 384 g/mol. The first-order chi connectivity index (χ1) is 14.6. The lowest BCUT2D eigenvalue weighted by Gasteiger charge is -2.26. The van der Waals surface area contributed by atoms with Crippen molar-refractivity contribution in [3.63, 3.8) is 0 Å². The molecule has 0 saturated carbocycles. The maximum Gasteiger partial charge on any atom is 0.331 e. The quantitative estimate of drug-likeness (QED) is 0.641. The summed E-state index contributed by atoms with van der Waals surface area (Å²) < 4.78 is 8.12. The molecule has 0 bridgehead atoms. The average molecular weight is 410 g/mol. The summed E-state index contributed by atoms with van der Waals surface area (Å²) in [6, 6.07) is 10.6. The Morgan fingerprint density at radius 2 is 1.87 bits per heavy atom. The highest BCUT2D eigenvalue weighted by Gasteiger charge is 2.26. The van der Waals surface area contributed by atoms with Crippen LogP contribution in [-0.4, -0.2) is 39.6 Å². The topological polar surface area (TPSA) is 89.5 Å². The first-order valence-corrected chi connectivity index (χ1v) is 10.4. The molecule has 0 aliphatic carbocycles. The summed E-state index contributed by atoms with van der Waals surface area (Å²) in [6.45, 7) is 4.17. The van der Waals surface area contributed by atoms with Crippen LogP contribution in [0, 0.1) is 0 Å². The molecule has 0 spiro atoms. The second kappa shape index (κ2) is 8.71. The van der Waals surface area contributed by atoms with Crippen LogP contribution in [0.25, 0.3) is 10.9 Å². The van der Waals surface area contributed by atoms with Gasteiger partial charge in [-0.3, -0.25) is 23.6 Å². The summed E-state index contributed by atoms with van der Waals surface area (Å²) in [4.78, 5) is 40.4. The van der Waals surface area contributed by atoms with Gasteiger partial charge in [-0.1, -0.05) is 12.1 Å². The zero-order valence-corrected chi connectivity index (χ0v) is 17.0. The molecule has 1 N–H and O–H groups in total. The van der Waals surface area contributed by atoms with E-state index in [1.54, 1.807) is 37.5 Å². The van der Waals surface area contributed by atoms with Gasteiger partial charge in [0.2, 0.25) is 5.91 Å². The number of benzene rings is 1. The number of fused-ring (bicyclic) bond motifs is 1. The van der Waals surface area contributed by atoms with Crippen molar-refractivity contribution in [1.29, 1.82) is 0 Å². The number of rotatable bonds is 7. The van der Waals surface area contributed by atoms with E-state index in [0.717, 1.165) is 36.3 Å². The minimum Gasteiger partial charge on any atom is -0.468 e. The van der Waals surface area contributed by atoms with Gasteiger partial charge in [0.15, 0.2) is 0 Å². The Bertz CT molecular complexity index is 1140. The summed E-state index contributed by atoms with van der Waals surface area (Å²) in [5, 5.41) is 3.38. The summed E-state index contributed by atoms with van der Waals surface area (Å²) in [7, 11) is 0. The fraction of sp³-hybridized carbons (Fsp3) is 0.409. The third-order valence-electron chi connectivity index (χ3n) is 5.70. The monoisotopic (exact) mass is 410 g/mol. The molecule has 30 heavy (non-hydrogen) atoms. The van der Waals surface area contributed by atoms with Gasteiger partial charge in [-0.05, 0) is 57.1 Å². The van der Waals surface area contributed by atoms with Crippen molar-refractivity contribution in [2.75, 3.05) is 19.6 Å². The largest absolute Gasteiger partial charge is 0.468 e. The molecule has 1 fully saturated rings. The Labute approximate surface area is 173 Å². The summed E-state index contributed by atoms with van der Waals surface area (Å²) in [5.41, 5.74) is -0.338. The minimum atomic E-state index is -0.474. The van der Waals surface area contributed by atoms with Crippen molar-refractivity contribution in [2.45, 2.75) is 38.9 Å². The van der Waals surface area contributed by atoms with E-state index in [-0.39, 0.29) is 30.6 Å². The first kappa shape index (κ1) is 20.2. The van der Waals surface area contributed by atoms with Crippen LogP contribution in [0.1, 0.15) is 31.6 Å². The normalized spacial score (nSPS) is 15.5. The van der Waals surface area contributed by atoms with Crippen LogP contribution >= 0.6 is 0 Å². The molecule has 8 nitrogen and oxygen atoms in total. The van der Waals surface area contributed by atoms with Gasteiger partial charge >= 0.3 is 5.69 Å². The lowest BCUT2D eigenvalue weighted by atomic mass is 10.2. The number of amides is 1. The standard InChI is InChI=1S/C22H26N4O4/c1-2-25-21(28)16-8-3-4-9-17(16)26(22(25)29)15-20(27)23-14-18(19-10-7-13-30-19)24-11-5-6-12-24/h3-4,7-10,13,18H,2,5-6,11-12,14-15H2,1H3,(H,23,27)/t18-/m0/s1. The van der Waals surface area contributed by atoms with Crippen molar-refractivity contribution in [3.8, 4) is 0 Å².